The minimum atomic E-state index is -3.17. The maximum Gasteiger partial charge on any atom is 0.407 e. The lowest BCUT2D eigenvalue weighted by Gasteiger charge is -2.19. The summed E-state index contributed by atoms with van der Waals surface area (Å²) in [4.78, 5) is 11.7. The summed E-state index contributed by atoms with van der Waals surface area (Å²) >= 11 is 0. The maximum atomic E-state index is 11.4. The summed E-state index contributed by atoms with van der Waals surface area (Å²) in [6.07, 6.45) is 0.705. The zero-order chi connectivity index (χ0) is 16.1. The second-order valence-corrected chi connectivity index (χ2v) is 7.67. The molecular weight excluding hydrogens is 292 g/mol. The Hall–Kier alpha value is -1.76. The molecule has 0 unspecified atom stereocenters. The highest BCUT2D eigenvalue weighted by molar-refractivity contribution is 7.90. The average molecular weight is 314 g/mol. The van der Waals surface area contributed by atoms with Gasteiger partial charge in [0, 0.05) is 25.0 Å². The van der Waals surface area contributed by atoms with Gasteiger partial charge >= 0.3 is 6.09 Å². The Morgan fingerprint density at radius 1 is 1.14 bits per heavy atom. The summed E-state index contributed by atoms with van der Waals surface area (Å²) in [7, 11) is -3.17. The lowest BCUT2D eigenvalue weighted by molar-refractivity contribution is 0.0530. The van der Waals surface area contributed by atoms with Crippen LogP contribution in [0.1, 0.15) is 20.8 Å². The molecule has 1 rings (SSSR count). The van der Waals surface area contributed by atoms with Crippen molar-refractivity contribution in [3.05, 3.63) is 24.3 Å². The van der Waals surface area contributed by atoms with E-state index < -0.39 is 21.5 Å². The standard InChI is InChI=1S/C14H22N2O4S/c1-14(2,3)20-13(17)16-10-9-15-11-5-7-12(8-6-11)21(4,18)19/h5-8,15H,9-10H2,1-4H3,(H,16,17). The number of sulfone groups is 1. The summed E-state index contributed by atoms with van der Waals surface area (Å²) in [5, 5.41) is 5.70. The predicted molar refractivity (Wildman–Crippen MR) is 82.3 cm³/mol. The molecule has 0 fully saturated rings. The third-order valence-corrected chi connectivity index (χ3v) is 3.53. The SMILES string of the molecule is CC(C)(C)OC(=O)NCCNc1ccc(S(C)(=O)=O)cc1. The van der Waals surface area contributed by atoms with Gasteiger partial charge in [-0.15, -0.1) is 0 Å². The highest BCUT2D eigenvalue weighted by Crippen LogP contribution is 2.13. The van der Waals surface area contributed by atoms with Crippen LogP contribution in [-0.2, 0) is 14.6 Å². The molecule has 0 aliphatic heterocycles. The lowest BCUT2D eigenvalue weighted by Crippen LogP contribution is -2.34. The maximum absolute atomic E-state index is 11.4. The molecule has 1 aromatic carbocycles. The Kier molecular flexibility index (Phi) is 5.60. The van der Waals surface area contributed by atoms with E-state index in [1.54, 1.807) is 45.0 Å². The number of ether oxygens (including phenoxy) is 1. The molecule has 0 radical (unpaired) electrons. The van der Waals surface area contributed by atoms with E-state index in [1.807, 2.05) is 0 Å². The number of hydrogen-bond donors (Lipinski definition) is 2. The van der Waals surface area contributed by atoms with Crippen LogP contribution in [0.4, 0.5) is 10.5 Å². The monoisotopic (exact) mass is 314 g/mol. The fourth-order valence-electron chi connectivity index (χ4n) is 1.51. The van der Waals surface area contributed by atoms with Gasteiger partial charge < -0.3 is 15.4 Å². The first-order valence-corrected chi connectivity index (χ1v) is 8.48. The molecule has 0 aromatic heterocycles. The molecule has 0 saturated heterocycles. The number of nitrogens with one attached hydrogen (secondary N) is 2. The van der Waals surface area contributed by atoms with Crippen molar-refractivity contribution in [2.45, 2.75) is 31.3 Å². The summed E-state index contributed by atoms with van der Waals surface area (Å²) in [5.74, 6) is 0. The molecule has 0 heterocycles. The molecule has 0 atom stereocenters. The predicted octanol–water partition coefficient (Wildman–Crippen LogP) is 2.03. The van der Waals surface area contributed by atoms with Crippen LogP contribution in [0.2, 0.25) is 0 Å². The lowest BCUT2D eigenvalue weighted by atomic mass is 10.2. The molecule has 118 valence electrons. The first-order valence-electron chi connectivity index (χ1n) is 6.59. The van der Waals surface area contributed by atoms with Gasteiger partial charge in [-0.25, -0.2) is 13.2 Å². The van der Waals surface area contributed by atoms with Crippen LogP contribution in [0.5, 0.6) is 0 Å². The van der Waals surface area contributed by atoms with Crippen LogP contribution in [0.15, 0.2) is 29.2 Å². The van der Waals surface area contributed by atoms with Gasteiger partial charge in [-0.1, -0.05) is 0 Å². The molecule has 0 saturated carbocycles. The van der Waals surface area contributed by atoms with Gasteiger partial charge in [-0.2, -0.15) is 0 Å². The van der Waals surface area contributed by atoms with E-state index in [9.17, 15) is 13.2 Å². The Bertz CT molecular complexity index is 574. The number of alkyl carbamates (subject to hydrolysis) is 1. The molecule has 0 aliphatic rings. The smallest absolute Gasteiger partial charge is 0.407 e. The molecular formula is C14H22N2O4S. The van der Waals surface area contributed by atoms with E-state index in [4.69, 9.17) is 4.74 Å². The molecule has 0 bridgehead atoms. The summed E-state index contributed by atoms with van der Waals surface area (Å²) in [5.41, 5.74) is 0.271. The van der Waals surface area contributed by atoms with Crippen LogP contribution >= 0.6 is 0 Å². The number of amides is 1. The van der Waals surface area contributed by atoms with E-state index in [-0.39, 0.29) is 4.90 Å². The number of benzene rings is 1. The fourth-order valence-corrected chi connectivity index (χ4v) is 2.14. The minimum Gasteiger partial charge on any atom is -0.444 e. The van der Waals surface area contributed by atoms with Crippen molar-refractivity contribution in [2.24, 2.45) is 0 Å². The first kappa shape index (κ1) is 17.3. The van der Waals surface area contributed by atoms with Gasteiger partial charge in [0.2, 0.25) is 0 Å². The average Bonchev–Trinajstić information content (AvgIpc) is 2.32. The number of carbonyl (C=O) groups is 1. The molecule has 0 aliphatic carbocycles. The van der Waals surface area contributed by atoms with E-state index in [0.717, 1.165) is 5.69 Å². The van der Waals surface area contributed by atoms with Crippen molar-refractivity contribution >= 4 is 21.6 Å². The zero-order valence-corrected chi connectivity index (χ0v) is 13.6. The molecule has 1 amide bonds. The summed E-state index contributed by atoms with van der Waals surface area (Å²) in [6, 6.07) is 6.45. The Morgan fingerprint density at radius 3 is 2.19 bits per heavy atom. The van der Waals surface area contributed by atoms with Crippen LogP contribution in [0, 0.1) is 0 Å². The number of hydrogen-bond acceptors (Lipinski definition) is 5. The number of rotatable bonds is 5. The highest BCUT2D eigenvalue weighted by atomic mass is 32.2. The topological polar surface area (TPSA) is 84.5 Å². The third kappa shape index (κ3) is 6.99. The normalized spacial score (nSPS) is 11.8. The minimum absolute atomic E-state index is 0.278. The van der Waals surface area contributed by atoms with Crippen molar-refractivity contribution in [3.63, 3.8) is 0 Å². The van der Waals surface area contributed by atoms with Gasteiger partial charge in [0.25, 0.3) is 0 Å². The molecule has 7 heteroatoms. The molecule has 0 spiro atoms. The van der Waals surface area contributed by atoms with Gasteiger partial charge in [-0.05, 0) is 45.0 Å². The van der Waals surface area contributed by atoms with Crippen molar-refractivity contribution in [3.8, 4) is 0 Å². The van der Waals surface area contributed by atoms with Crippen LogP contribution < -0.4 is 10.6 Å². The molecule has 21 heavy (non-hydrogen) atoms. The van der Waals surface area contributed by atoms with Crippen molar-refractivity contribution < 1.29 is 17.9 Å². The second kappa shape index (κ2) is 6.80. The van der Waals surface area contributed by atoms with E-state index in [2.05, 4.69) is 10.6 Å². The number of carbonyl (C=O) groups excluding carboxylic acids is 1. The molecule has 6 nitrogen and oxygen atoms in total. The Morgan fingerprint density at radius 2 is 1.71 bits per heavy atom. The first-order chi connectivity index (χ1) is 9.58. The third-order valence-electron chi connectivity index (χ3n) is 2.40. The Labute approximate surface area is 125 Å². The van der Waals surface area contributed by atoms with Crippen molar-refractivity contribution in [2.75, 3.05) is 24.7 Å². The van der Waals surface area contributed by atoms with E-state index >= 15 is 0 Å². The largest absolute Gasteiger partial charge is 0.444 e. The molecule has 1 aromatic rings. The summed E-state index contributed by atoms with van der Waals surface area (Å²) in [6.45, 7) is 6.32. The second-order valence-electron chi connectivity index (χ2n) is 5.65. The molecule has 2 N–H and O–H groups in total. The van der Waals surface area contributed by atoms with Gasteiger partial charge in [0.15, 0.2) is 9.84 Å². The fraction of sp³-hybridized carbons (Fsp3) is 0.500. The van der Waals surface area contributed by atoms with Crippen LogP contribution in [-0.4, -0.2) is 39.5 Å². The van der Waals surface area contributed by atoms with E-state index in [1.165, 1.54) is 6.26 Å². The quantitative estimate of drug-likeness (QED) is 0.812. The van der Waals surface area contributed by atoms with Gasteiger partial charge in [0.05, 0.1) is 4.90 Å². The summed E-state index contributed by atoms with van der Waals surface area (Å²) < 4.78 is 27.7. The van der Waals surface area contributed by atoms with Gasteiger partial charge in [-0.3, -0.25) is 0 Å². The number of anilines is 1. The van der Waals surface area contributed by atoms with E-state index in [0.29, 0.717) is 13.1 Å². The van der Waals surface area contributed by atoms with Crippen molar-refractivity contribution in [1.29, 1.82) is 0 Å². The zero-order valence-electron chi connectivity index (χ0n) is 12.8. The van der Waals surface area contributed by atoms with Crippen molar-refractivity contribution in [1.82, 2.24) is 5.32 Å². The van der Waals surface area contributed by atoms with Gasteiger partial charge in [0.1, 0.15) is 5.60 Å². The Balaban J connectivity index is 2.35. The highest BCUT2D eigenvalue weighted by Gasteiger charge is 2.15. The van der Waals surface area contributed by atoms with Crippen LogP contribution in [0.3, 0.4) is 0 Å². The van der Waals surface area contributed by atoms with Crippen LogP contribution in [0.25, 0.3) is 0 Å².